The lowest BCUT2D eigenvalue weighted by Gasteiger charge is -2.27. The third-order valence-corrected chi connectivity index (χ3v) is 4.37. The van der Waals surface area contributed by atoms with Crippen LogP contribution in [-0.2, 0) is 12.0 Å². The Morgan fingerprint density at radius 3 is 2.38 bits per heavy atom. The second-order valence-electron chi connectivity index (χ2n) is 8.19. The van der Waals surface area contributed by atoms with E-state index >= 15 is 0 Å². The van der Waals surface area contributed by atoms with Gasteiger partial charge in [-0.2, -0.15) is 15.0 Å². The molecule has 0 saturated carbocycles. The second kappa shape index (κ2) is 8.38. The number of benzene rings is 1. The molecule has 2 aromatic heterocycles. The number of hydrogen-bond donors (Lipinski definition) is 1. The Balaban J connectivity index is 1.73. The van der Waals surface area contributed by atoms with E-state index in [-0.39, 0.29) is 17.5 Å². The first-order valence-corrected chi connectivity index (χ1v) is 9.60. The Hall–Kier alpha value is -3.29. The number of rotatable bonds is 5. The highest BCUT2D eigenvalue weighted by Gasteiger charge is 2.20. The summed E-state index contributed by atoms with van der Waals surface area (Å²) in [5, 5.41) is 11.2. The molecule has 152 valence electrons. The molecule has 2 amide bonds. The standard InChI is InChI=1S/C21H27N7O/c1-15(2)27(14-16-7-6-8-18(11-16)28-24-9-10-25-28)20(29)26-17-12-22-19(23-13-17)21(3,4)5/h6-13,15H,14H2,1-5H3,(H,26,29). The van der Waals surface area contributed by atoms with Crippen LogP contribution >= 0.6 is 0 Å². The maximum absolute atomic E-state index is 12.9. The minimum atomic E-state index is -0.199. The van der Waals surface area contributed by atoms with Crippen LogP contribution in [-0.4, -0.2) is 41.9 Å². The molecule has 0 atom stereocenters. The van der Waals surface area contributed by atoms with Crippen molar-refractivity contribution < 1.29 is 4.79 Å². The molecule has 3 aromatic rings. The van der Waals surface area contributed by atoms with E-state index in [0.29, 0.717) is 12.2 Å². The average molecular weight is 393 g/mol. The highest BCUT2D eigenvalue weighted by Crippen LogP contribution is 2.19. The number of nitrogens with one attached hydrogen (secondary N) is 1. The maximum Gasteiger partial charge on any atom is 0.322 e. The van der Waals surface area contributed by atoms with E-state index in [0.717, 1.165) is 17.1 Å². The zero-order valence-corrected chi connectivity index (χ0v) is 17.5. The fourth-order valence-corrected chi connectivity index (χ4v) is 2.79. The lowest BCUT2D eigenvalue weighted by Crippen LogP contribution is -2.39. The van der Waals surface area contributed by atoms with Crippen molar-refractivity contribution in [1.82, 2.24) is 29.9 Å². The van der Waals surface area contributed by atoms with Crippen molar-refractivity contribution in [2.45, 2.75) is 52.6 Å². The molecular weight excluding hydrogens is 366 g/mol. The molecule has 3 rings (SSSR count). The van der Waals surface area contributed by atoms with Crippen molar-refractivity contribution in [2.24, 2.45) is 0 Å². The second-order valence-corrected chi connectivity index (χ2v) is 8.19. The molecule has 1 aromatic carbocycles. The molecule has 0 bridgehead atoms. The molecule has 0 aliphatic carbocycles. The van der Waals surface area contributed by atoms with Crippen LogP contribution in [0.25, 0.3) is 5.69 Å². The van der Waals surface area contributed by atoms with Crippen molar-refractivity contribution in [3.8, 4) is 5.69 Å². The van der Waals surface area contributed by atoms with Gasteiger partial charge in [0.05, 0.1) is 36.2 Å². The largest absolute Gasteiger partial charge is 0.322 e. The molecule has 0 aliphatic heterocycles. The number of aromatic nitrogens is 5. The van der Waals surface area contributed by atoms with Crippen molar-refractivity contribution in [3.63, 3.8) is 0 Å². The Bertz CT molecular complexity index is 944. The summed E-state index contributed by atoms with van der Waals surface area (Å²) in [6.07, 6.45) is 6.56. The van der Waals surface area contributed by atoms with Gasteiger partial charge in [0, 0.05) is 18.0 Å². The molecule has 0 radical (unpaired) electrons. The zero-order chi connectivity index (χ0) is 21.0. The Labute approximate surface area is 171 Å². The Kier molecular flexibility index (Phi) is 5.91. The monoisotopic (exact) mass is 393 g/mol. The quantitative estimate of drug-likeness (QED) is 0.712. The van der Waals surface area contributed by atoms with Crippen LogP contribution in [0.3, 0.4) is 0 Å². The Morgan fingerprint density at radius 2 is 1.79 bits per heavy atom. The average Bonchev–Trinajstić information content (AvgIpc) is 3.20. The first-order chi connectivity index (χ1) is 13.7. The summed E-state index contributed by atoms with van der Waals surface area (Å²) in [6.45, 7) is 10.6. The van der Waals surface area contributed by atoms with E-state index in [1.54, 1.807) is 34.5 Å². The fraction of sp³-hybridized carbons (Fsp3) is 0.381. The molecule has 0 saturated heterocycles. The summed E-state index contributed by atoms with van der Waals surface area (Å²) in [5.74, 6) is 0.736. The van der Waals surface area contributed by atoms with Gasteiger partial charge in [0.25, 0.3) is 0 Å². The predicted octanol–water partition coefficient (Wildman–Crippen LogP) is 3.80. The minimum absolute atomic E-state index is 0.0104. The number of carbonyl (C=O) groups is 1. The van der Waals surface area contributed by atoms with Crippen molar-refractivity contribution in [3.05, 3.63) is 60.4 Å². The SMILES string of the molecule is CC(C)N(Cc1cccc(-n2nccn2)c1)C(=O)Nc1cnc(C(C)(C)C)nc1. The summed E-state index contributed by atoms with van der Waals surface area (Å²) in [5.41, 5.74) is 2.27. The van der Waals surface area contributed by atoms with Gasteiger partial charge in [-0.25, -0.2) is 14.8 Å². The summed E-state index contributed by atoms with van der Waals surface area (Å²) in [6, 6.07) is 7.63. The smallest absolute Gasteiger partial charge is 0.318 e. The fourth-order valence-electron chi connectivity index (χ4n) is 2.79. The van der Waals surface area contributed by atoms with Crippen LogP contribution in [0.5, 0.6) is 0 Å². The van der Waals surface area contributed by atoms with Gasteiger partial charge < -0.3 is 10.2 Å². The van der Waals surface area contributed by atoms with Crippen molar-refractivity contribution in [1.29, 1.82) is 0 Å². The molecular formula is C21H27N7O. The molecule has 8 nitrogen and oxygen atoms in total. The molecule has 1 N–H and O–H groups in total. The van der Waals surface area contributed by atoms with Gasteiger partial charge in [0.15, 0.2) is 0 Å². The number of hydrogen-bond acceptors (Lipinski definition) is 5. The van der Waals surface area contributed by atoms with Gasteiger partial charge in [-0.05, 0) is 31.5 Å². The molecule has 0 unspecified atom stereocenters. The van der Waals surface area contributed by atoms with Gasteiger partial charge in [0.2, 0.25) is 0 Å². The third-order valence-electron chi connectivity index (χ3n) is 4.37. The van der Waals surface area contributed by atoms with Gasteiger partial charge in [-0.3, -0.25) is 0 Å². The van der Waals surface area contributed by atoms with Crippen molar-refractivity contribution >= 4 is 11.7 Å². The summed E-state index contributed by atoms with van der Waals surface area (Å²) in [4.78, 5) is 24.9. The normalized spacial score (nSPS) is 11.5. The van der Waals surface area contributed by atoms with E-state index in [2.05, 4.69) is 25.5 Å². The van der Waals surface area contributed by atoms with Gasteiger partial charge in [0.1, 0.15) is 5.82 Å². The number of carbonyl (C=O) groups excluding carboxylic acids is 1. The van der Waals surface area contributed by atoms with E-state index < -0.39 is 0 Å². The lowest BCUT2D eigenvalue weighted by molar-refractivity contribution is 0.193. The Morgan fingerprint density at radius 1 is 1.14 bits per heavy atom. The van der Waals surface area contributed by atoms with Crippen LogP contribution in [0.4, 0.5) is 10.5 Å². The van der Waals surface area contributed by atoms with E-state index in [1.165, 1.54) is 0 Å². The molecule has 0 aliphatic rings. The van der Waals surface area contributed by atoms with Crippen LogP contribution in [0.15, 0.2) is 49.1 Å². The molecule has 29 heavy (non-hydrogen) atoms. The predicted molar refractivity (Wildman–Crippen MR) is 112 cm³/mol. The molecule has 2 heterocycles. The van der Waals surface area contributed by atoms with E-state index in [4.69, 9.17) is 0 Å². The number of urea groups is 1. The molecule has 0 fully saturated rings. The third kappa shape index (κ3) is 5.16. The highest BCUT2D eigenvalue weighted by atomic mass is 16.2. The minimum Gasteiger partial charge on any atom is -0.318 e. The summed E-state index contributed by atoms with van der Waals surface area (Å²) in [7, 11) is 0. The summed E-state index contributed by atoms with van der Waals surface area (Å²) < 4.78 is 0. The number of nitrogens with zero attached hydrogens (tertiary/aromatic N) is 6. The molecule has 0 spiro atoms. The van der Waals surface area contributed by atoms with Crippen LogP contribution < -0.4 is 5.32 Å². The first-order valence-electron chi connectivity index (χ1n) is 9.60. The first kappa shape index (κ1) is 20.4. The molecule has 8 heteroatoms. The summed E-state index contributed by atoms with van der Waals surface area (Å²) >= 11 is 0. The number of amides is 2. The van der Waals surface area contributed by atoms with Crippen molar-refractivity contribution in [2.75, 3.05) is 5.32 Å². The highest BCUT2D eigenvalue weighted by molar-refractivity contribution is 5.89. The van der Waals surface area contributed by atoms with Crippen LogP contribution in [0, 0.1) is 0 Å². The van der Waals surface area contributed by atoms with Crippen LogP contribution in [0.2, 0.25) is 0 Å². The topological polar surface area (TPSA) is 88.8 Å². The zero-order valence-electron chi connectivity index (χ0n) is 17.5. The van der Waals surface area contributed by atoms with Gasteiger partial charge in [-0.15, -0.1) is 0 Å². The van der Waals surface area contributed by atoms with E-state index in [9.17, 15) is 4.79 Å². The number of anilines is 1. The van der Waals surface area contributed by atoms with Gasteiger partial charge in [-0.1, -0.05) is 32.9 Å². The van der Waals surface area contributed by atoms with Gasteiger partial charge >= 0.3 is 6.03 Å². The lowest BCUT2D eigenvalue weighted by atomic mass is 9.96. The maximum atomic E-state index is 12.9. The van der Waals surface area contributed by atoms with Crippen LogP contribution in [0.1, 0.15) is 46.0 Å². The van der Waals surface area contributed by atoms with E-state index in [1.807, 2.05) is 58.9 Å².